The van der Waals surface area contributed by atoms with E-state index in [1.807, 2.05) is 6.07 Å². The lowest BCUT2D eigenvalue weighted by atomic mass is 10.2. The molecule has 0 bridgehead atoms. The van der Waals surface area contributed by atoms with Gasteiger partial charge in [-0.25, -0.2) is 0 Å². The monoisotopic (exact) mass is 265 g/mol. The van der Waals surface area contributed by atoms with E-state index in [1.54, 1.807) is 19.2 Å². The lowest BCUT2D eigenvalue weighted by Crippen LogP contribution is -2.17. The molecule has 2 aromatic rings. The fourth-order valence-electron chi connectivity index (χ4n) is 1.31. The third-order valence-corrected chi connectivity index (χ3v) is 2.97. The Bertz CT molecular complexity index is 569. The number of oxime groups is 1. The van der Waals surface area contributed by atoms with Crippen molar-refractivity contribution in [2.24, 2.45) is 10.9 Å². The van der Waals surface area contributed by atoms with Gasteiger partial charge in [-0.1, -0.05) is 23.0 Å². The van der Waals surface area contributed by atoms with E-state index in [4.69, 9.17) is 15.4 Å². The van der Waals surface area contributed by atoms with Crippen LogP contribution < -0.4 is 5.73 Å². The summed E-state index contributed by atoms with van der Waals surface area (Å²) < 4.78 is 5.24. The second-order valence-electron chi connectivity index (χ2n) is 3.37. The predicted octanol–water partition coefficient (Wildman–Crippen LogP) is 1.16. The second-order valence-corrected chi connectivity index (χ2v) is 4.30. The highest BCUT2D eigenvalue weighted by Crippen LogP contribution is 2.22. The minimum Gasteiger partial charge on any atom is -0.416 e. The van der Waals surface area contributed by atoms with Crippen LogP contribution in [0.2, 0.25) is 0 Å². The van der Waals surface area contributed by atoms with Crippen LogP contribution in [0.1, 0.15) is 17.1 Å². The van der Waals surface area contributed by atoms with Gasteiger partial charge in [0, 0.05) is 18.9 Å². The molecule has 18 heavy (non-hydrogen) atoms. The van der Waals surface area contributed by atoms with E-state index in [-0.39, 0.29) is 5.84 Å². The van der Waals surface area contributed by atoms with Crippen LogP contribution in [0.15, 0.2) is 33.1 Å². The Hall–Kier alpha value is -2.09. The molecule has 0 aromatic carbocycles. The van der Waals surface area contributed by atoms with E-state index in [1.165, 1.54) is 11.8 Å². The van der Waals surface area contributed by atoms with Crippen LogP contribution in [0.4, 0.5) is 0 Å². The largest absolute Gasteiger partial charge is 0.416 e. The Morgan fingerprint density at radius 3 is 3.06 bits per heavy atom. The first kappa shape index (κ1) is 12.4. The quantitative estimate of drug-likeness (QED) is 0.280. The maximum atomic E-state index is 8.68. The van der Waals surface area contributed by atoms with Crippen molar-refractivity contribution in [3.05, 3.63) is 35.5 Å². The van der Waals surface area contributed by atoms with Crippen LogP contribution in [0.25, 0.3) is 0 Å². The number of hydrogen-bond acceptors (Lipinski definition) is 7. The Kier molecular flexibility index (Phi) is 3.78. The summed E-state index contributed by atoms with van der Waals surface area (Å²) >= 11 is 1.36. The molecule has 3 N–H and O–H groups in total. The predicted molar refractivity (Wildman–Crippen MR) is 65.3 cm³/mol. The van der Waals surface area contributed by atoms with E-state index in [2.05, 4.69) is 20.3 Å². The average Bonchev–Trinajstić information content (AvgIpc) is 2.81. The highest BCUT2D eigenvalue weighted by atomic mass is 32.2. The molecule has 0 atom stereocenters. The van der Waals surface area contributed by atoms with E-state index in [0.29, 0.717) is 22.6 Å². The van der Waals surface area contributed by atoms with Crippen molar-refractivity contribution in [3.8, 4) is 0 Å². The van der Waals surface area contributed by atoms with Crippen LogP contribution in [0.3, 0.4) is 0 Å². The number of pyridine rings is 1. The lowest BCUT2D eigenvalue weighted by molar-refractivity contribution is 0.318. The minimum absolute atomic E-state index is 0.0205. The van der Waals surface area contributed by atoms with Crippen LogP contribution in [0, 0.1) is 6.92 Å². The fourth-order valence-corrected chi connectivity index (χ4v) is 2.10. The number of aryl methyl sites for hydroxylation is 1. The van der Waals surface area contributed by atoms with Gasteiger partial charge in [-0.3, -0.25) is 4.98 Å². The summed E-state index contributed by atoms with van der Waals surface area (Å²) in [6.07, 6.45) is 1.58. The topological polar surface area (TPSA) is 110 Å². The smallest absolute Gasteiger partial charge is 0.276 e. The van der Waals surface area contributed by atoms with E-state index in [9.17, 15) is 0 Å². The zero-order valence-corrected chi connectivity index (χ0v) is 10.4. The first-order valence-electron chi connectivity index (χ1n) is 5.05. The molecule has 0 fully saturated rings. The number of thioether (sulfide) groups is 1. The molecule has 0 aliphatic carbocycles. The lowest BCUT2D eigenvalue weighted by Gasteiger charge is -2.04. The summed E-state index contributed by atoms with van der Waals surface area (Å²) in [7, 11) is 0. The molecule has 0 radical (unpaired) electrons. The van der Waals surface area contributed by atoms with E-state index >= 15 is 0 Å². The molecule has 2 rings (SSSR count). The molecule has 0 saturated carbocycles. The maximum absolute atomic E-state index is 8.68. The van der Waals surface area contributed by atoms with E-state index < -0.39 is 0 Å². The highest BCUT2D eigenvalue weighted by molar-refractivity contribution is 7.98. The van der Waals surface area contributed by atoms with Crippen molar-refractivity contribution in [1.82, 2.24) is 15.2 Å². The van der Waals surface area contributed by atoms with Gasteiger partial charge < -0.3 is 15.4 Å². The van der Waals surface area contributed by atoms with Crippen LogP contribution in [-0.4, -0.2) is 26.2 Å². The number of rotatable bonds is 4. The minimum atomic E-state index is -0.0205. The average molecular weight is 265 g/mol. The number of aromatic nitrogens is 3. The Morgan fingerprint density at radius 1 is 1.56 bits per heavy atom. The SMILES string of the molecule is Cc1nnc(SCc2cccnc2C(N)=NO)o1. The van der Waals surface area contributed by atoms with Crippen molar-refractivity contribution in [1.29, 1.82) is 0 Å². The Morgan fingerprint density at radius 2 is 2.39 bits per heavy atom. The third kappa shape index (κ3) is 2.77. The van der Waals surface area contributed by atoms with Crippen LogP contribution in [0.5, 0.6) is 0 Å². The standard InChI is InChI=1S/C10H11N5O2S/c1-6-13-14-10(17-6)18-5-7-3-2-4-12-8(7)9(11)15-16/h2-4,16H,5H2,1H3,(H2,11,15). The van der Waals surface area contributed by atoms with Crippen molar-refractivity contribution >= 4 is 17.6 Å². The summed E-state index contributed by atoms with van der Waals surface area (Å²) in [5, 5.41) is 19.7. The van der Waals surface area contributed by atoms with Gasteiger partial charge in [0.2, 0.25) is 5.89 Å². The molecule has 0 saturated heterocycles. The van der Waals surface area contributed by atoms with Crippen molar-refractivity contribution < 1.29 is 9.62 Å². The zero-order chi connectivity index (χ0) is 13.0. The number of nitrogens with two attached hydrogens (primary N) is 1. The highest BCUT2D eigenvalue weighted by Gasteiger charge is 2.10. The molecule has 7 nitrogen and oxygen atoms in total. The summed E-state index contributed by atoms with van der Waals surface area (Å²) in [5.41, 5.74) is 6.82. The Balaban J connectivity index is 2.14. The maximum Gasteiger partial charge on any atom is 0.276 e. The van der Waals surface area contributed by atoms with Gasteiger partial charge in [0.25, 0.3) is 5.22 Å². The van der Waals surface area contributed by atoms with Crippen molar-refractivity contribution in [2.45, 2.75) is 17.9 Å². The third-order valence-electron chi connectivity index (χ3n) is 2.10. The number of hydrogen-bond donors (Lipinski definition) is 2. The first-order valence-corrected chi connectivity index (χ1v) is 6.04. The second kappa shape index (κ2) is 5.50. The van der Waals surface area contributed by atoms with Gasteiger partial charge in [-0.15, -0.1) is 10.2 Å². The summed E-state index contributed by atoms with van der Waals surface area (Å²) in [6.45, 7) is 1.73. The molecule has 2 heterocycles. The first-order chi connectivity index (χ1) is 8.70. The van der Waals surface area contributed by atoms with E-state index in [0.717, 1.165) is 5.56 Å². The van der Waals surface area contributed by atoms with Crippen LogP contribution >= 0.6 is 11.8 Å². The van der Waals surface area contributed by atoms with Gasteiger partial charge >= 0.3 is 0 Å². The van der Waals surface area contributed by atoms with Crippen molar-refractivity contribution in [3.63, 3.8) is 0 Å². The summed E-state index contributed by atoms with van der Waals surface area (Å²) in [4.78, 5) is 4.07. The molecular formula is C10H11N5O2S. The zero-order valence-electron chi connectivity index (χ0n) is 9.57. The summed E-state index contributed by atoms with van der Waals surface area (Å²) in [5.74, 6) is 1.04. The summed E-state index contributed by atoms with van der Waals surface area (Å²) in [6, 6.07) is 3.62. The van der Waals surface area contributed by atoms with Gasteiger partial charge in [0.15, 0.2) is 5.84 Å². The molecule has 0 spiro atoms. The Labute approximate surface area is 107 Å². The molecular weight excluding hydrogens is 254 g/mol. The van der Waals surface area contributed by atoms with Gasteiger partial charge in [-0.05, 0) is 11.6 Å². The number of nitrogens with zero attached hydrogens (tertiary/aromatic N) is 4. The number of amidine groups is 1. The molecule has 94 valence electrons. The molecule has 0 aliphatic heterocycles. The fraction of sp³-hybridized carbons (Fsp3) is 0.200. The van der Waals surface area contributed by atoms with Crippen molar-refractivity contribution in [2.75, 3.05) is 0 Å². The molecule has 0 unspecified atom stereocenters. The molecule has 8 heteroatoms. The molecule has 0 aliphatic rings. The van der Waals surface area contributed by atoms with Gasteiger partial charge in [0.1, 0.15) is 5.69 Å². The van der Waals surface area contributed by atoms with Crippen LogP contribution in [-0.2, 0) is 5.75 Å². The normalized spacial score (nSPS) is 11.7. The van der Waals surface area contributed by atoms with Gasteiger partial charge in [0.05, 0.1) is 0 Å². The molecule has 2 aromatic heterocycles. The molecule has 0 amide bonds. The van der Waals surface area contributed by atoms with Gasteiger partial charge in [-0.2, -0.15) is 0 Å².